The number of hydrogen-bond acceptors (Lipinski definition) is 6. The van der Waals surface area contributed by atoms with Crippen LogP contribution in [0.15, 0.2) is 47.0 Å². The van der Waals surface area contributed by atoms with Crippen molar-refractivity contribution in [2.45, 2.75) is 19.4 Å². The van der Waals surface area contributed by atoms with E-state index in [1.807, 2.05) is 0 Å². The first-order chi connectivity index (χ1) is 13.5. The molecule has 0 saturated heterocycles. The van der Waals surface area contributed by atoms with Gasteiger partial charge in [0.15, 0.2) is 0 Å². The number of aromatic nitrogens is 2. The number of carbonyl (C=O) groups is 1. The number of halogens is 1. The molecule has 0 bridgehead atoms. The van der Waals surface area contributed by atoms with Crippen molar-refractivity contribution in [3.05, 3.63) is 59.7 Å². The number of benzene rings is 2. The average molecular weight is 385 g/mol. The zero-order valence-electron chi connectivity index (χ0n) is 15.7. The van der Waals surface area contributed by atoms with Gasteiger partial charge in [-0.05, 0) is 36.8 Å². The molecule has 3 aromatic rings. The van der Waals surface area contributed by atoms with Crippen LogP contribution in [0.2, 0.25) is 0 Å². The third-order valence-electron chi connectivity index (χ3n) is 4.08. The highest BCUT2D eigenvalue weighted by Crippen LogP contribution is 2.28. The summed E-state index contributed by atoms with van der Waals surface area (Å²) in [6.45, 7) is 1.74. The molecule has 1 aromatic heterocycles. The molecule has 0 radical (unpaired) electrons. The summed E-state index contributed by atoms with van der Waals surface area (Å²) < 4.78 is 28.7. The molecule has 0 saturated carbocycles. The predicted molar refractivity (Wildman–Crippen MR) is 99.5 cm³/mol. The van der Waals surface area contributed by atoms with Crippen LogP contribution in [0.25, 0.3) is 11.4 Å². The highest BCUT2D eigenvalue weighted by atomic mass is 19.1. The summed E-state index contributed by atoms with van der Waals surface area (Å²) in [4.78, 5) is 16.5. The van der Waals surface area contributed by atoms with Crippen LogP contribution in [-0.2, 0) is 11.2 Å². The molecule has 3 rings (SSSR count). The Labute approximate surface area is 161 Å². The molecule has 0 aliphatic rings. The SMILES string of the molecule is COc1cc(OC)cc(-c2noc([C@@H](C)NC(=O)Cc3ccc(F)cc3)n2)c1. The van der Waals surface area contributed by atoms with Gasteiger partial charge in [0, 0.05) is 11.6 Å². The van der Waals surface area contributed by atoms with Crippen LogP contribution in [-0.4, -0.2) is 30.3 Å². The standard InChI is InChI=1S/C20H20FN3O4/c1-12(22-18(25)8-13-4-6-15(21)7-5-13)20-23-19(24-28-20)14-9-16(26-2)11-17(10-14)27-3/h4-7,9-12H,8H2,1-3H3,(H,22,25)/t12-/m1/s1. The number of nitrogens with one attached hydrogen (secondary N) is 1. The molecule has 1 amide bonds. The van der Waals surface area contributed by atoms with Gasteiger partial charge in [-0.15, -0.1) is 0 Å². The molecular weight excluding hydrogens is 365 g/mol. The van der Waals surface area contributed by atoms with Crippen molar-refractivity contribution in [3.8, 4) is 22.9 Å². The summed E-state index contributed by atoms with van der Waals surface area (Å²) in [5.74, 6) is 1.24. The quantitative estimate of drug-likeness (QED) is 0.671. The number of methoxy groups -OCH3 is 2. The van der Waals surface area contributed by atoms with Gasteiger partial charge in [0.2, 0.25) is 17.6 Å². The van der Waals surface area contributed by atoms with Gasteiger partial charge in [-0.2, -0.15) is 4.98 Å². The molecule has 0 spiro atoms. The van der Waals surface area contributed by atoms with E-state index < -0.39 is 6.04 Å². The fourth-order valence-corrected chi connectivity index (χ4v) is 2.61. The molecule has 8 heteroatoms. The zero-order valence-corrected chi connectivity index (χ0v) is 15.7. The molecule has 7 nitrogen and oxygen atoms in total. The van der Waals surface area contributed by atoms with E-state index in [0.29, 0.717) is 28.5 Å². The zero-order chi connectivity index (χ0) is 20.1. The van der Waals surface area contributed by atoms with Crippen molar-refractivity contribution in [3.63, 3.8) is 0 Å². The first kappa shape index (κ1) is 19.3. The van der Waals surface area contributed by atoms with Crippen LogP contribution < -0.4 is 14.8 Å². The maximum atomic E-state index is 12.9. The van der Waals surface area contributed by atoms with Crippen LogP contribution >= 0.6 is 0 Å². The van der Waals surface area contributed by atoms with Crippen molar-refractivity contribution in [2.24, 2.45) is 0 Å². The number of ether oxygens (including phenoxy) is 2. The van der Waals surface area contributed by atoms with Crippen LogP contribution in [0, 0.1) is 5.82 Å². The Morgan fingerprint density at radius 2 is 1.79 bits per heavy atom. The Balaban J connectivity index is 1.69. The monoisotopic (exact) mass is 385 g/mol. The molecule has 0 unspecified atom stereocenters. The van der Waals surface area contributed by atoms with E-state index in [1.165, 1.54) is 12.1 Å². The first-order valence-corrected chi connectivity index (χ1v) is 8.59. The van der Waals surface area contributed by atoms with E-state index in [9.17, 15) is 9.18 Å². The van der Waals surface area contributed by atoms with Gasteiger partial charge in [0.1, 0.15) is 23.4 Å². The van der Waals surface area contributed by atoms with Crippen molar-refractivity contribution < 1.29 is 23.2 Å². The minimum atomic E-state index is -0.485. The van der Waals surface area contributed by atoms with Crippen LogP contribution in [0.5, 0.6) is 11.5 Å². The Morgan fingerprint density at radius 1 is 1.14 bits per heavy atom. The van der Waals surface area contributed by atoms with Gasteiger partial charge >= 0.3 is 0 Å². The van der Waals surface area contributed by atoms with E-state index in [2.05, 4.69) is 15.5 Å². The van der Waals surface area contributed by atoms with Crippen LogP contribution in [0.3, 0.4) is 0 Å². The van der Waals surface area contributed by atoms with Crippen LogP contribution in [0.1, 0.15) is 24.4 Å². The van der Waals surface area contributed by atoms with Crippen LogP contribution in [0.4, 0.5) is 4.39 Å². The smallest absolute Gasteiger partial charge is 0.249 e. The van der Waals surface area contributed by atoms with Gasteiger partial charge < -0.3 is 19.3 Å². The first-order valence-electron chi connectivity index (χ1n) is 8.59. The highest BCUT2D eigenvalue weighted by molar-refractivity contribution is 5.78. The van der Waals surface area contributed by atoms with E-state index in [-0.39, 0.29) is 24.0 Å². The van der Waals surface area contributed by atoms with Crippen molar-refractivity contribution >= 4 is 5.91 Å². The summed E-state index contributed by atoms with van der Waals surface area (Å²) in [6.07, 6.45) is 0.124. The minimum Gasteiger partial charge on any atom is -0.497 e. The largest absolute Gasteiger partial charge is 0.497 e. The number of rotatable bonds is 7. The lowest BCUT2D eigenvalue weighted by atomic mass is 10.1. The molecule has 2 aromatic carbocycles. The lowest BCUT2D eigenvalue weighted by molar-refractivity contribution is -0.121. The molecule has 1 N–H and O–H groups in total. The van der Waals surface area contributed by atoms with E-state index in [4.69, 9.17) is 14.0 Å². The van der Waals surface area contributed by atoms with Gasteiger partial charge in [-0.3, -0.25) is 4.79 Å². The van der Waals surface area contributed by atoms with E-state index in [0.717, 1.165) is 0 Å². The molecule has 0 aliphatic carbocycles. The fraction of sp³-hybridized carbons (Fsp3) is 0.250. The Hall–Kier alpha value is -3.42. The third-order valence-corrected chi connectivity index (χ3v) is 4.08. The molecule has 0 fully saturated rings. The normalized spacial score (nSPS) is 11.7. The summed E-state index contributed by atoms with van der Waals surface area (Å²) in [5, 5.41) is 6.76. The predicted octanol–water partition coefficient (Wildman–Crippen LogP) is 3.31. The van der Waals surface area contributed by atoms with Crippen molar-refractivity contribution in [2.75, 3.05) is 14.2 Å². The summed E-state index contributed by atoms with van der Waals surface area (Å²) in [5.41, 5.74) is 1.37. The number of hydrogen-bond donors (Lipinski definition) is 1. The number of amides is 1. The molecule has 28 heavy (non-hydrogen) atoms. The lowest BCUT2D eigenvalue weighted by Crippen LogP contribution is -2.28. The van der Waals surface area contributed by atoms with Crippen molar-refractivity contribution in [1.82, 2.24) is 15.5 Å². The second-order valence-corrected chi connectivity index (χ2v) is 6.15. The number of nitrogens with zero attached hydrogens (tertiary/aromatic N) is 2. The Bertz CT molecular complexity index is 934. The van der Waals surface area contributed by atoms with Gasteiger partial charge in [0.25, 0.3) is 0 Å². The number of carbonyl (C=O) groups excluding carboxylic acids is 1. The molecule has 0 aliphatic heterocycles. The van der Waals surface area contributed by atoms with Gasteiger partial charge in [0.05, 0.1) is 20.6 Å². The second kappa shape index (κ2) is 8.51. The Morgan fingerprint density at radius 3 is 2.39 bits per heavy atom. The van der Waals surface area contributed by atoms with Crippen molar-refractivity contribution in [1.29, 1.82) is 0 Å². The summed E-state index contributed by atoms with van der Waals surface area (Å²) >= 11 is 0. The van der Waals surface area contributed by atoms with E-state index >= 15 is 0 Å². The highest BCUT2D eigenvalue weighted by Gasteiger charge is 2.18. The maximum Gasteiger partial charge on any atom is 0.249 e. The third kappa shape index (κ3) is 4.64. The van der Waals surface area contributed by atoms with Gasteiger partial charge in [-0.25, -0.2) is 4.39 Å². The Kier molecular flexibility index (Phi) is 5.88. The molecular formula is C20H20FN3O4. The topological polar surface area (TPSA) is 86.5 Å². The average Bonchev–Trinajstić information content (AvgIpc) is 3.19. The molecule has 1 atom stereocenters. The fourth-order valence-electron chi connectivity index (χ4n) is 2.61. The minimum absolute atomic E-state index is 0.124. The maximum absolute atomic E-state index is 12.9. The summed E-state index contributed by atoms with van der Waals surface area (Å²) in [7, 11) is 3.11. The lowest BCUT2D eigenvalue weighted by Gasteiger charge is -2.09. The molecule has 146 valence electrons. The second-order valence-electron chi connectivity index (χ2n) is 6.15. The van der Waals surface area contributed by atoms with E-state index in [1.54, 1.807) is 51.5 Å². The summed E-state index contributed by atoms with van der Waals surface area (Å²) in [6, 6.07) is 10.5. The molecule has 1 heterocycles. The van der Waals surface area contributed by atoms with Gasteiger partial charge in [-0.1, -0.05) is 17.3 Å².